The van der Waals surface area contributed by atoms with Gasteiger partial charge in [0.25, 0.3) is 0 Å². The number of thiazole rings is 1. The number of hydrogen-bond acceptors (Lipinski definition) is 5. The normalized spacial score (nSPS) is 11.5. The van der Waals surface area contributed by atoms with Gasteiger partial charge in [-0.2, -0.15) is 0 Å². The van der Waals surface area contributed by atoms with E-state index in [4.69, 9.17) is 9.47 Å². The summed E-state index contributed by atoms with van der Waals surface area (Å²) in [7, 11) is 1.63. The summed E-state index contributed by atoms with van der Waals surface area (Å²) in [5, 5.41) is 10.9. The van der Waals surface area contributed by atoms with Crippen LogP contribution in [-0.4, -0.2) is 23.8 Å². The lowest BCUT2D eigenvalue weighted by molar-refractivity contribution is 0.0823. The number of ether oxygens (including phenoxy) is 2. The van der Waals surface area contributed by atoms with Crippen molar-refractivity contribution in [3.63, 3.8) is 0 Å². The molecule has 1 aromatic heterocycles. The topological polar surface area (TPSA) is 51.6 Å². The van der Waals surface area contributed by atoms with Crippen molar-refractivity contribution in [2.75, 3.05) is 13.7 Å². The van der Waals surface area contributed by atoms with Crippen molar-refractivity contribution in [2.45, 2.75) is 32.8 Å². The van der Waals surface area contributed by atoms with Crippen LogP contribution in [0.25, 0.3) is 10.6 Å². The molecule has 0 amide bonds. The Balaban J connectivity index is 2.30. The van der Waals surface area contributed by atoms with Crippen LogP contribution < -0.4 is 9.47 Å². The Hall–Kier alpha value is -1.59. The Morgan fingerprint density at radius 2 is 2.05 bits per heavy atom. The summed E-state index contributed by atoms with van der Waals surface area (Å²) in [6, 6.07) is 5.77. The predicted molar refractivity (Wildman–Crippen MR) is 85.1 cm³/mol. The minimum Gasteiger partial charge on any atom is -0.493 e. The molecule has 0 spiro atoms. The smallest absolute Gasteiger partial charge is 0.161 e. The van der Waals surface area contributed by atoms with Crippen LogP contribution in [0.4, 0.5) is 0 Å². The van der Waals surface area contributed by atoms with Crippen molar-refractivity contribution in [1.82, 2.24) is 4.98 Å². The largest absolute Gasteiger partial charge is 0.493 e. The summed E-state index contributed by atoms with van der Waals surface area (Å²) in [4.78, 5) is 5.22. The number of benzene rings is 1. The van der Waals surface area contributed by atoms with E-state index in [0.29, 0.717) is 12.4 Å². The van der Waals surface area contributed by atoms with Gasteiger partial charge < -0.3 is 14.6 Å². The summed E-state index contributed by atoms with van der Waals surface area (Å²) in [6.07, 6.45) is 2.67. The van der Waals surface area contributed by atoms with Crippen LogP contribution in [-0.2, 0) is 5.60 Å². The van der Waals surface area contributed by atoms with Crippen LogP contribution in [0.1, 0.15) is 32.1 Å². The van der Waals surface area contributed by atoms with E-state index in [1.807, 2.05) is 18.2 Å². The maximum atomic E-state index is 10.0. The van der Waals surface area contributed by atoms with Crippen molar-refractivity contribution in [2.24, 2.45) is 0 Å². The van der Waals surface area contributed by atoms with Crippen molar-refractivity contribution in [1.29, 1.82) is 0 Å². The van der Waals surface area contributed by atoms with Gasteiger partial charge in [0.2, 0.25) is 0 Å². The van der Waals surface area contributed by atoms with Gasteiger partial charge in [0, 0.05) is 11.8 Å². The summed E-state index contributed by atoms with van der Waals surface area (Å²) in [5.74, 6) is 1.43. The van der Waals surface area contributed by atoms with Crippen LogP contribution >= 0.6 is 11.3 Å². The first kappa shape index (κ1) is 15.8. The van der Waals surface area contributed by atoms with Crippen molar-refractivity contribution in [3.05, 3.63) is 29.3 Å². The number of aliphatic hydroxyl groups is 1. The Kier molecular flexibility index (Phi) is 4.85. The predicted octanol–water partition coefficient (Wildman–Crippen LogP) is 3.83. The fourth-order valence-corrected chi connectivity index (χ4v) is 2.74. The third-order valence-electron chi connectivity index (χ3n) is 2.98. The van der Waals surface area contributed by atoms with E-state index >= 15 is 0 Å². The molecule has 1 aromatic carbocycles. The van der Waals surface area contributed by atoms with E-state index < -0.39 is 5.60 Å². The van der Waals surface area contributed by atoms with Gasteiger partial charge in [-0.05, 0) is 38.5 Å². The zero-order chi connectivity index (χ0) is 15.5. The number of hydrogen-bond donors (Lipinski definition) is 1. The highest BCUT2D eigenvalue weighted by Gasteiger charge is 2.20. The van der Waals surface area contributed by atoms with Gasteiger partial charge in [-0.15, -0.1) is 11.3 Å². The average Bonchev–Trinajstić information content (AvgIpc) is 2.94. The van der Waals surface area contributed by atoms with E-state index in [1.54, 1.807) is 27.2 Å². The molecule has 0 saturated heterocycles. The number of rotatable bonds is 6. The SMILES string of the molecule is CCCOc1ccc(-c2ncc(C(C)(C)O)s2)cc1OC. The highest BCUT2D eigenvalue weighted by molar-refractivity contribution is 7.15. The van der Waals surface area contributed by atoms with Gasteiger partial charge in [0.15, 0.2) is 11.5 Å². The molecule has 1 N–H and O–H groups in total. The van der Waals surface area contributed by atoms with Crippen LogP contribution in [0, 0.1) is 0 Å². The summed E-state index contributed by atoms with van der Waals surface area (Å²) >= 11 is 1.48. The molecule has 0 atom stereocenters. The second-order valence-corrected chi connectivity index (χ2v) is 6.33. The first-order valence-electron chi connectivity index (χ1n) is 6.95. The third-order valence-corrected chi connectivity index (χ3v) is 4.34. The molecule has 0 aliphatic carbocycles. The summed E-state index contributed by atoms with van der Waals surface area (Å²) < 4.78 is 11.0. The third kappa shape index (κ3) is 3.74. The highest BCUT2D eigenvalue weighted by atomic mass is 32.1. The lowest BCUT2D eigenvalue weighted by atomic mass is 10.1. The van der Waals surface area contributed by atoms with Gasteiger partial charge in [-0.3, -0.25) is 0 Å². The van der Waals surface area contributed by atoms with Crippen LogP contribution in [0.5, 0.6) is 11.5 Å². The quantitative estimate of drug-likeness (QED) is 0.881. The Bertz CT molecular complexity index is 602. The van der Waals surface area contributed by atoms with Crippen LogP contribution in [0.2, 0.25) is 0 Å². The fraction of sp³-hybridized carbons (Fsp3) is 0.438. The summed E-state index contributed by atoms with van der Waals surface area (Å²) in [6.45, 7) is 6.24. The molecule has 1 heterocycles. The molecular weight excluding hydrogens is 286 g/mol. The first-order chi connectivity index (χ1) is 9.95. The molecule has 2 rings (SSSR count). The number of aromatic nitrogens is 1. The van der Waals surface area contributed by atoms with Gasteiger partial charge in [-0.25, -0.2) is 4.98 Å². The van der Waals surface area contributed by atoms with E-state index in [1.165, 1.54) is 11.3 Å². The van der Waals surface area contributed by atoms with Gasteiger partial charge in [0.1, 0.15) is 5.01 Å². The minimum absolute atomic E-state index is 0.663. The molecule has 0 fully saturated rings. The molecular formula is C16H21NO3S. The molecule has 0 bridgehead atoms. The molecule has 4 nitrogen and oxygen atoms in total. The molecule has 114 valence electrons. The number of nitrogens with zero attached hydrogens (tertiary/aromatic N) is 1. The van der Waals surface area contributed by atoms with E-state index in [-0.39, 0.29) is 0 Å². The second kappa shape index (κ2) is 6.45. The molecule has 2 aromatic rings. The van der Waals surface area contributed by atoms with E-state index in [2.05, 4.69) is 11.9 Å². The monoisotopic (exact) mass is 307 g/mol. The van der Waals surface area contributed by atoms with Crippen LogP contribution in [0.15, 0.2) is 24.4 Å². The summed E-state index contributed by atoms with van der Waals surface area (Å²) in [5.41, 5.74) is 0.0840. The Labute approximate surface area is 129 Å². The Morgan fingerprint density at radius 3 is 2.62 bits per heavy atom. The van der Waals surface area contributed by atoms with Crippen molar-refractivity contribution >= 4 is 11.3 Å². The first-order valence-corrected chi connectivity index (χ1v) is 7.77. The average molecular weight is 307 g/mol. The molecule has 21 heavy (non-hydrogen) atoms. The molecule has 5 heteroatoms. The van der Waals surface area contributed by atoms with Gasteiger partial charge >= 0.3 is 0 Å². The fourth-order valence-electron chi connectivity index (χ4n) is 1.82. The second-order valence-electron chi connectivity index (χ2n) is 5.30. The maximum Gasteiger partial charge on any atom is 0.161 e. The van der Waals surface area contributed by atoms with E-state index in [9.17, 15) is 5.11 Å². The highest BCUT2D eigenvalue weighted by Crippen LogP contribution is 2.36. The molecule has 0 aliphatic heterocycles. The maximum absolute atomic E-state index is 10.0. The zero-order valence-corrected chi connectivity index (χ0v) is 13.7. The lowest BCUT2D eigenvalue weighted by Crippen LogP contribution is -2.12. The Morgan fingerprint density at radius 1 is 1.29 bits per heavy atom. The molecule has 0 aliphatic rings. The molecule has 0 radical (unpaired) electrons. The zero-order valence-electron chi connectivity index (χ0n) is 12.8. The van der Waals surface area contributed by atoms with Crippen molar-refractivity contribution in [3.8, 4) is 22.1 Å². The number of methoxy groups -OCH3 is 1. The van der Waals surface area contributed by atoms with Gasteiger partial charge in [-0.1, -0.05) is 6.92 Å². The van der Waals surface area contributed by atoms with E-state index in [0.717, 1.165) is 27.6 Å². The van der Waals surface area contributed by atoms with Crippen LogP contribution in [0.3, 0.4) is 0 Å². The van der Waals surface area contributed by atoms with Gasteiger partial charge in [0.05, 0.1) is 24.2 Å². The molecule has 0 saturated carbocycles. The van der Waals surface area contributed by atoms with Crippen molar-refractivity contribution < 1.29 is 14.6 Å². The molecule has 0 unspecified atom stereocenters. The minimum atomic E-state index is -0.871. The standard InChI is InChI=1S/C16H21NO3S/c1-5-8-20-12-7-6-11(9-13(12)19-4)15-17-10-14(21-15)16(2,3)18/h6-7,9-10,18H,5,8H2,1-4H3. The lowest BCUT2D eigenvalue weighted by Gasteiger charge is -2.13.